The van der Waals surface area contributed by atoms with E-state index in [9.17, 15) is 5.11 Å². The van der Waals surface area contributed by atoms with Crippen LogP contribution in [0.1, 0.15) is 37.3 Å². The van der Waals surface area contributed by atoms with Crippen LogP contribution in [0, 0.1) is 18.8 Å². The Morgan fingerprint density at radius 1 is 1.36 bits per heavy atom. The molecule has 1 aromatic rings. The van der Waals surface area contributed by atoms with Crippen LogP contribution in [0.4, 0.5) is 0 Å². The van der Waals surface area contributed by atoms with E-state index in [4.69, 9.17) is 0 Å². The smallest absolute Gasteiger partial charge is 0.0829 e. The molecule has 0 aliphatic carbocycles. The summed E-state index contributed by atoms with van der Waals surface area (Å²) < 4.78 is 1.10. The highest BCUT2D eigenvalue weighted by atomic mass is 79.9. The van der Waals surface area contributed by atoms with Crippen molar-refractivity contribution in [2.75, 3.05) is 0 Å². The van der Waals surface area contributed by atoms with E-state index in [-0.39, 0.29) is 6.10 Å². The minimum absolute atomic E-state index is 0.301. The Morgan fingerprint density at radius 2 is 1.93 bits per heavy atom. The molecular weight excluding hydrogens is 260 g/mol. The Balaban J connectivity index is 2.88. The minimum Gasteiger partial charge on any atom is -0.388 e. The molecule has 0 bridgehead atoms. The van der Waals surface area contributed by atoms with E-state index in [0.717, 1.165) is 9.35 Å². The zero-order valence-electron chi connectivity index (χ0n) is 9.04. The summed E-state index contributed by atoms with van der Waals surface area (Å²) in [6.07, 6.45) is -0.336. The number of hydrogen-bond acceptors (Lipinski definition) is 2. The van der Waals surface area contributed by atoms with Crippen molar-refractivity contribution >= 4 is 27.3 Å². The van der Waals surface area contributed by atoms with Gasteiger partial charge in [0.25, 0.3) is 0 Å². The maximum absolute atomic E-state index is 10.1. The van der Waals surface area contributed by atoms with Gasteiger partial charge in [-0.2, -0.15) is 0 Å². The standard InChI is InChI=1S/C11H17BrOS/c1-6(2)7(3)11(13)9-5-10(12)14-8(9)4/h5-7,11,13H,1-4H3. The third-order valence-electron chi connectivity index (χ3n) is 2.79. The first-order valence-electron chi connectivity index (χ1n) is 4.87. The van der Waals surface area contributed by atoms with E-state index in [1.807, 2.05) is 6.07 Å². The molecule has 0 radical (unpaired) electrons. The van der Waals surface area contributed by atoms with E-state index in [0.29, 0.717) is 11.8 Å². The lowest BCUT2D eigenvalue weighted by Gasteiger charge is -2.22. The average molecular weight is 277 g/mol. The van der Waals surface area contributed by atoms with Crippen molar-refractivity contribution < 1.29 is 5.11 Å². The first-order chi connectivity index (χ1) is 6.43. The lowest BCUT2D eigenvalue weighted by molar-refractivity contribution is 0.0920. The SMILES string of the molecule is Cc1sc(Br)cc1C(O)C(C)C(C)C. The summed E-state index contributed by atoms with van der Waals surface area (Å²) in [6, 6.07) is 2.03. The van der Waals surface area contributed by atoms with Gasteiger partial charge in [-0.15, -0.1) is 11.3 Å². The van der Waals surface area contributed by atoms with Gasteiger partial charge in [0.05, 0.1) is 9.89 Å². The van der Waals surface area contributed by atoms with Crippen LogP contribution in [0.5, 0.6) is 0 Å². The highest BCUT2D eigenvalue weighted by molar-refractivity contribution is 9.11. The summed E-state index contributed by atoms with van der Waals surface area (Å²) in [5, 5.41) is 10.1. The number of rotatable bonds is 3. The molecule has 1 nitrogen and oxygen atoms in total. The number of halogens is 1. The summed E-state index contributed by atoms with van der Waals surface area (Å²) in [5.41, 5.74) is 1.07. The number of aliphatic hydroxyl groups is 1. The first-order valence-corrected chi connectivity index (χ1v) is 6.48. The van der Waals surface area contributed by atoms with Crippen molar-refractivity contribution in [2.45, 2.75) is 33.8 Å². The summed E-state index contributed by atoms with van der Waals surface area (Å²) in [7, 11) is 0. The zero-order valence-corrected chi connectivity index (χ0v) is 11.4. The van der Waals surface area contributed by atoms with Gasteiger partial charge >= 0.3 is 0 Å². The van der Waals surface area contributed by atoms with Crippen LogP contribution in [-0.2, 0) is 0 Å². The summed E-state index contributed by atoms with van der Waals surface area (Å²) in [6.45, 7) is 8.44. The van der Waals surface area contributed by atoms with Crippen LogP contribution in [0.15, 0.2) is 9.85 Å². The monoisotopic (exact) mass is 276 g/mol. The van der Waals surface area contributed by atoms with Crippen molar-refractivity contribution in [3.8, 4) is 0 Å². The van der Waals surface area contributed by atoms with Crippen LogP contribution < -0.4 is 0 Å². The second-order valence-corrected chi connectivity index (χ2v) is 6.75. The largest absolute Gasteiger partial charge is 0.388 e. The second kappa shape index (κ2) is 4.77. The molecule has 2 atom stereocenters. The molecule has 0 spiro atoms. The van der Waals surface area contributed by atoms with Crippen LogP contribution in [0.25, 0.3) is 0 Å². The normalized spacial score (nSPS) is 15.9. The van der Waals surface area contributed by atoms with E-state index in [2.05, 4.69) is 43.6 Å². The average Bonchev–Trinajstić information content (AvgIpc) is 2.42. The third-order valence-corrected chi connectivity index (χ3v) is 4.36. The van der Waals surface area contributed by atoms with Gasteiger partial charge in [0.15, 0.2) is 0 Å². The van der Waals surface area contributed by atoms with Crippen molar-refractivity contribution in [3.05, 3.63) is 20.3 Å². The molecule has 1 N–H and O–H groups in total. The highest BCUT2D eigenvalue weighted by Crippen LogP contribution is 2.35. The summed E-state index contributed by atoms with van der Waals surface area (Å²) >= 11 is 5.13. The molecule has 1 heterocycles. The van der Waals surface area contributed by atoms with Gasteiger partial charge in [-0.05, 0) is 46.3 Å². The first kappa shape index (κ1) is 12.2. The lowest BCUT2D eigenvalue weighted by atomic mass is 9.88. The van der Waals surface area contributed by atoms with Crippen LogP contribution in [-0.4, -0.2) is 5.11 Å². The maximum Gasteiger partial charge on any atom is 0.0829 e. The van der Waals surface area contributed by atoms with Gasteiger partial charge in [0.2, 0.25) is 0 Å². The molecule has 0 fully saturated rings. The predicted molar refractivity (Wildman–Crippen MR) is 65.7 cm³/mol. The Hall–Kier alpha value is 0.140. The van der Waals surface area contributed by atoms with Gasteiger partial charge in [0, 0.05) is 4.88 Å². The van der Waals surface area contributed by atoms with Gasteiger partial charge in [-0.1, -0.05) is 20.8 Å². The van der Waals surface area contributed by atoms with Crippen molar-refractivity contribution in [1.29, 1.82) is 0 Å². The molecule has 3 heteroatoms. The fourth-order valence-electron chi connectivity index (χ4n) is 1.40. The van der Waals surface area contributed by atoms with E-state index in [1.165, 1.54) is 4.88 Å². The Morgan fingerprint density at radius 3 is 2.29 bits per heavy atom. The molecule has 0 saturated heterocycles. The number of aryl methyl sites for hydroxylation is 1. The fraction of sp³-hybridized carbons (Fsp3) is 0.636. The molecule has 2 unspecified atom stereocenters. The topological polar surface area (TPSA) is 20.2 Å². The van der Waals surface area contributed by atoms with Crippen LogP contribution in [0.2, 0.25) is 0 Å². The Bertz CT molecular complexity index is 306. The molecule has 0 aromatic carbocycles. The number of hydrogen-bond donors (Lipinski definition) is 1. The number of thiophene rings is 1. The van der Waals surface area contributed by atoms with E-state index < -0.39 is 0 Å². The Labute approximate surface area is 98.3 Å². The highest BCUT2D eigenvalue weighted by Gasteiger charge is 2.22. The van der Waals surface area contributed by atoms with Gasteiger partial charge in [-0.3, -0.25) is 0 Å². The number of aliphatic hydroxyl groups excluding tert-OH is 1. The molecule has 0 amide bonds. The quantitative estimate of drug-likeness (QED) is 0.880. The van der Waals surface area contributed by atoms with E-state index in [1.54, 1.807) is 11.3 Å². The molecule has 0 saturated carbocycles. The molecule has 0 aliphatic rings. The zero-order chi connectivity index (χ0) is 10.9. The van der Waals surface area contributed by atoms with Gasteiger partial charge in [-0.25, -0.2) is 0 Å². The van der Waals surface area contributed by atoms with Crippen LogP contribution in [0.3, 0.4) is 0 Å². The van der Waals surface area contributed by atoms with Gasteiger partial charge in [0.1, 0.15) is 0 Å². The molecule has 1 rings (SSSR count). The third kappa shape index (κ3) is 2.59. The molecule has 80 valence electrons. The van der Waals surface area contributed by atoms with E-state index >= 15 is 0 Å². The lowest BCUT2D eigenvalue weighted by Crippen LogP contribution is -2.14. The summed E-state index contributed by atoms with van der Waals surface area (Å²) in [4.78, 5) is 1.21. The van der Waals surface area contributed by atoms with Crippen molar-refractivity contribution in [1.82, 2.24) is 0 Å². The molecule has 0 aliphatic heterocycles. The van der Waals surface area contributed by atoms with Crippen LogP contribution >= 0.6 is 27.3 Å². The molecule has 14 heavy (non-hydrogen) atoms. The second-order valence-electron chi connectivity index (χ2n) is 4.11. The Kier molecular flexibility index (Phi) is 4.16. The van der Waals surface area contributed by atoms with Gasteiger partial charge < -0.3 is 5.11 Å². The maximum atomic E-state index is 10.1. The fourth-order valence-corrected chi connectivity index (χ4v) is 3.15. The predicted octanol–water partition coefficient (Wildman–Crippen LogP) is 4.14. The minimum atomic E-state index is -0.336. The van der Waals surface area contributed by atoms with Crippen molar-refractivity contribution in [3.63, 3.8) is 0 Å². The van der Waals surface area contributed by atoms with Crippen molar-refractivity contribution in [2.24, 2.45) is 11.8 Å². The molecular formula is C11H17BrOS. The molecule has 1 aromatic heterocycles. The summed E-state index contributed by atoms with van der Waals surface area (Å²) in [5.74, 6) is 0.804.